The molecule has 1 fully saturated rings. The first kappa shape index (κ1) is 17.9. The molecular weight excluding hydrogens is 352 g/mol. The lowest BCUT2D eigenvalue weighted by molar-refractivity contribution is -0.123. The number of hydrogen-bond donors (Lipinski definition) is 2. The Balaban J connectivity index is 2.20. The Morgan fingerprint density at radius 2 is 1.65 bits per heavy atom. The number of carbonyl (C=O) groups is 2. The van der Waals surface area contributed by atoms with Gasteiger partial charge in [0.2, 0.25) is 0 Å². The van der Waals surface area contributed by atoms with Gasteiger partial charge in [0, 0.05) is 5.56 Å². The summed E-state index contributed by atoms with van der Waals surface area (Å²) in [5.74, 6) is 0.195. The summed E-state index contributed by atoms with van der Waals surface area (Å²) in [6.45, 7) is 4.77. The molecule has 0 radical (unpaired) electrons. The van der Waals surface area contributed by atoms with Gasteiger partial charge in [-0.3, -0.25) is 20.2 Å². The molecule has 0 aromatic heterocycles. The first-order valence-electron chi connectivity index (χ1n) is 8.24. The maximum absolute atomic E-state index is 12.2. The molecule has 7 heteroatoms. The van der Waals surface area contributed by atoms with Gasteiger partial charge in [-0.05, 0) is 61.1 Å². The zero-order valence-corrected chi connectivity index (χ0v) is 15.2. The molecule has 2 aromatic rings. The van der Waals surface area contributed by atoms with Crippen LogP contribution in [-0.2, 0) is 9.59 Å². The SMILES string of the molecule is CCOc1ccc2ccc(OCC)c(C=C3C(=O)NC(=S)NC3=O)c2c1. The third-order valence-corrected chi connectivity index (χ3v) is 4.04. The van der Waals surface area contributed by atoms with Crippen molar-refractivity contribution in [3.05, 3.63) is 41.5 Å². The van der Waals surface area contributed by atoms with Crippen LogP contribution in [-0.4, -0.2) is 30.1 Å². The molecule has 0 unspecified atom stereocenters. The normalized spacial score (nSPS) is 14.1. The molecule has 2 amide bonds. The van der Waals surface area contributed by atoms with Gasteiger partial charge in [-0.2, -0.15) is 0 Å². The van der Waals surface area contributed by atoms with E-state index in [1.165, 1.54) is 6.08 Å². The highest BCUT2D eigenvalue weighted by Gasteiger charge is 2.26. The largest absolute Gasteiger partial charge is 0.494 e. The van der Waals surface area contributed by atoms with Gasteiger partial charge in [-0.15, -0.1) is 0 Å². The van der Waals surface area contributed by atoms with Crippen molar-refractivity contribution in [2.75, 3.05) is 13.2 Å². The number of carbonyl (C=O) groups excluding carboxylic acids is 2. The highest BCUT2D eigenvalue weighted by Crippen LogP contribution is 2.33. The molecule has 1 heterocycles. The van der Waals surface area contributed by atoms with Crippen LogP contribution in [0.4, 0.5) is 0 Å². The van der Waals surface area contributed by atoms with Crippen molar-refractivity contribution in [1.29, 1.82) is 0 Å². The summed E-state index contributed by atoms with van der Waals surface area (Å²) in [5.41, 5.74) is 0.605. The molecule has 0 atom stereocenters. The molecule has 1 saturated heterocycles. The van der Waals surface area contributed by atoms with Crippen LogP contribution >= 0.6 is 12.2 Å². The summed E-state index contributed by atoms with van der Waals surface area (Å²) in [5, 5.41) is 6.64. The van der Waals surface area contributed by atoms with Crippen LogP contribution in [0.2, 0.25) is 0 Å². The summed E-state index contributed by atoms with van der Waals surface area (Å²) in [4.78, 5) is 24.4. The summed E-state index contributed by atoms with van der Waals surface area (Å²) >= 11 is 4.84. The van der Waals surface area contributed by atoms with Crippen LogP contribution in [0.1, 0.15) is 19.4 Å². The van der Waals surface area contributed by atoms with Gasteiger partial charge in [-0.1, -0.05) is 12.1 Å². The summed E-state index contributed by atoms with van der Waals surface area (Å²) in [6, 6.07) is 9.42. The zero-order valence-electron chi connectivity index (χ0n) is 14.4. The quantitative estimate of drug-likeness (QED) is 0.481. The van der Waals surface area contributed by atoms with Crippen molar-refractivity contribution < 1.29 is 19.1 Å². The highest BCUT2D eigenvalue weighted by atomic mass is 32.1. The molecule has 3 rings (SSSR count). The summed E-state index contributed by atoms with van der Waals surface area (Å²) in [6.07, 6.45) is 1.52. The number of thiocarbonyl (C=S) groups is 1. The van der Waals surface area contributed by atoms with E-state index in [0.29, 0.717) is 30.3 Å². The number of hydrogen-bond acceptors (Lipinski definition) is 5. The lowest BCUT2D eigenvalue weighted by Gasteiger charge is -2.18. The molecule has 0 bridgehead atoms. The number of ether oxygens (including phenoxy) is 2. The number of nitrogens with one attached hydrogen (secondary N) is 2. The molecule has 2 N–H and O–H groups in total. The number of fused-ring (bicyclic) bond motifs is 1. The third-order valence-electron chi connectivity index (χ3n) is 3.84. The van der Waals surface area contributed by atoms with Gasteiger partial charge in [-0.25, -0.2) is 0 Å². The monoisotopic (exact) mass is 370 g/mol. The van der Waals surface area contributed by atoms with E-state index >= 15 is 0 Å². The molecule has 26 heavy (non-hydrogen) atoms. The van der Waals surface area contributed by atoms with Gasteiger partial charge in [0.1, 0.15) is 17.1 Å². The van der Waals surface area contributed by atoms with E-state index in [1.54, 1.807) is 0 Å². The first-order valence-corrected chi connectivity index (χ1v) is 8.65. The van der Waals surface area contributed by atoms with Gasteiger partial charge in [0.05, 0.1) is 13.2 Å². The topological polar surface area (TPSA) is 76.7 Å². The Hall–Kier alpha value is -2.93. The fourth-order valence-corrected chi connectivity index (χ4v) is 2.92. The maximum atomic E-state index is 12.2. The van der Waals surface area contributed by atoms with Crippen LogP contribution in [0, 0.1) is 0 Å². The minimum Gasteiger partial charge on any atom is -0.494 e. The highest BCUT2D eigenvalue weighted by molar-refractivity contribution is 7.80. The molecule has 1 aliphatic heterocycles. The van der Waals surface area contributed by atoms with Crippen molar-refractivity contribution in [3.63, 3.8) is 0 Å². The smallest absolute Gasteiger partial charge is 0.263 e. The molecule has 0 aliphatic carbocycles. The summed E-state index contributed by atoms with van der Waals surface area (Å²) < 4.78 is 11.3. The lowest BCUT2D eigenvalue weighted by Crippen LogP contribution is -2.51. The van der Waals surface area contributed by atoms with Gasteiger partial charge >= 0.3 is 0 Å². The van der Waals surface area contributed by atoms with Gasteiger partial charge in [0.15, 0.2) is 5.11 Å². The molecule has 6 nitrogen and oxygen atoms in total. The molecule has 0 saturated carbocycles. The van der Waals surface area contributed by atoms with Crippen LogP contribution < -0.4 is 20.1 Å². The number of benzene rings is 2. The van der Waals surface area contributed by atoms with E-state index in [-0.39, 0.29) is 10.7 Å². The van der Waals surface area contributed by atoms with E-state index in [9.17, 15) is 9.59 Å². The van der Waals surface area contributed by atoms with Gasteiger partial charge < -0.3 is 9.47 Å². The predicted octanol–water partition coefficient (Wildman–Crippen LogP) is 2.55. The molecule has 2 aromatic carbocycles. The summed E-state index contributed by atoms with van der Waals surface area (Å²) in [7, 11) is 0. The van der Waals surface area contributed by atoms with E-state index < -0.39 is 11.8 Å². The molecule has 1 aliphatic rings. The Labute approximate surface area is 156 Å². The Kier molecular flexibility index (Phi) is 5.18. The van der Waals surface area contributed by atoms with Crippen molar-refractivity contribution in [2.24, 2.45) is 0 Å². The van der Waals surface area contributed by atoms with Crippen molar-refractivity contribution >= 4 is 46.0 Å². The van der Waals surface area contributed by atoms with Gasteiger partial charge in [0.25, 0.3) is 11.8 Å². The Morgan fingerprint density at radius 3 is 2.31 bits per heavy atom. The predicted molar refractivity (Wildman–Crippen MR) is 103 cm³/mol. The average molecular weight is 370 g/mol. The standard InChI is InChI=1S/C19H18N2O4S/c1-3-24-12-7-5-11-6-8-16(25-4-2)14(13(11)9-12)10-15-17(22)20-19(26)21-18(15)23/h5-10H,3-4H2,1-2H3,(H2,20,21,22,23,26). The Bertz CT molecular complexity index is 909. The Morgan fingerprint density at radius 1 is 1.00 bits per heavy atom. The van der Waals surface area contributed by atoms with E-state index in [1.807, 2.05) is 44.2 Å². The lowest BCUT2D eigenvalue weighted by atomic mass is 10.00. The van der Waals surface area contributed by atoms with E-state index in [0.717, 1.165) is 10.8 Å². The van der Waals surface area contributed by atoms with Crippen LogP contribution in [0.3, 0.4) is 0 Å². The molecule has 134 valence electrons. The fourth-order valence-electron chi connectivity index (χ4n) is 2.74. The fraction of sp³-hybridized carbons (Fsp3) is 0.211. The van der Waals surface area contributed by atoms with Crippen molar-refractivity contribution in [1.82, 2.24) is 10.6 Å². The number of amides is 2. The first-order chi connectivity index (χ1) is 12.5. The van der Waals surface area contributed by atoms with Crippen LogP contribution in [0.25, 0.3) is 16.8 Å². The van der Waals surface area contributed by atoms with Crippen molar-refractivity contribution in [3.8, 4) is 11.5 Å². The van der Waals surface area contributed by atoms with Crippen LogP contribution in [0.5, 0.6) is 11.5 Å². The molecule has 0 spiro atoms. The second kappa shape index (κ2) is 7.53. The minimum absolute atomic E-state index is 0.00117. The molecular formula is C19H18N2O4S. The number of rotatable bonds is 5. The van der Waals surface area contributed by atoms with E-state index in [4.69, 9.17) is 21.7 Å². The third kappa shape index (κ3) is 3.52. The minimum atomic E-state index is -0.542. The maximum Gasteiger partial charge on any atom is 0.263 e. The second-order valence-corrected chi connectivity index (χ2v) is 5.93. The van der Waals surface area contributed by atoms with Crippen molar-refractivity contribution in [2.45, 2.75) is 13.8 Å². The average Bonchev–Trinajstić information content (AvgIpc) is 2.59. The van der Waals surface area contributed by atoms with Crippen LogP contribution in [0.15, 0.2) is 35.9 Å². The van der Waals surface area contributed by atoms with E-state index in [2.05, 4.69) is 10.6 Å². The zero-order chi connectivity index (χ0) is 18.7. The second-order valence-electron chi connectivity index (χ2n) is 5.52.